The minimum atomic E-state index is 0.243. The molecule has 2 N–H and O–H groups in total. The Kier molecular flexibility index (Phi) is 5.64. The largest absolute Gasteiger partial charge is 0.396 e. The van der Waals surface area contributed by atoms with Crippen molar-refractivity contribution in [2.45, 2.75) is 45.2 Å². The van der Waals surface area contributed by atoms with Crippen molar-refractivity contribution in [3.05, 3.63) is 47.8 Å². The van der Waals surface area contributed by atoms with Crippen molar-refractivity contribution in [1.29, 1.82) is 0 Å². The van der Waals surface area contributed by atoms with Crippen molar-refractivity contribution in [2.24, 2.45) is 0 Å². The highest BCUT2D eigenvalue weighted by atomic mass is 16.3. The van der Waals surface area contributed by atoms with E-state index < -0.39 is 0 Å². The third-order valence-electron chi connectivity index (χ3n) is 4.58. The average Bonchev–Trinajstić information content (AvgIpc) is 2.61. The summed E-state index contributed by atoms with van der Waals surface area (Å²) in [6, 6.07) is 8.65. The summed E-state index contributed by atoms with van der Waals surface area (Å²) in [5.74, 6) is 1.91. The molecule has 0 saturated carbocycles. The predicted octanol–water partition coefficient (Wildman–Crippen LogP) is 3.14. The van der Waals surface area contributed by atoms with Crippen LogP contribution in [0.15, 0.2) is 36.7 Å². The lowest BCUT2D eigenvalue weighted by molar-refractivity contribution is 0.262. The van der Waals surface area contributed by atoms with Gasteiger partial charge < -0.3 is 15.3 Å². The van der Waals surface area contributed by atoms with Crippen LogP contribution in [0.25, 0.3) is 0 Å². The van der Waals surface area contributed by atoms with E-state index in [1.165, 1.54) is 18.4 Å². The Labute approximate surface area is 143 Å². The number of anilines is 2. The number of aryl methyl sites for hydroxylation is 1. The van der Waals surface area contributed by atoms with E-state index in [0.717, 1.165) is 36.6 Å². The monoisotopic (exact) mass is 326 g/mol. The van der Waals surface area contributed by atoms with E-state index in [9.17, 15) is 5.11 Å². The highest BCUT2D eigenvalue weighted by molar-refractivity contribution is 5.42. The second-order valence-corrected chi connectivity index (χ2v) is 6.45. The van der Waals surface area contributed by atoms with Crippen molar-refractivity contribution in [2.75, 3.05) is 23.4 Å². The lowest BCUT2D eigenvalue weighted by atomic mass is 9.99. The van der Waals surface area contributed by atoms with Crippen LogP contribution < -0.4 is 10.2 Å². The second kappa shape index (κ2) is 8.11. The zero-order valence-corrected chi connectivity index (χ0v) is 14.3. The highest BCUT2D eigenvalue weighted by Gasteiger charge is 2.22. The van der Waals surface area contributed by atoms with Crippen molar-refractivity contribution in [3.8, 4) is 0 Å². The third-order valence-corrected chi connectivity index (χ3v) is 4.58. The molecule has 0 spiro atoms. The fraction of sp³-hybridized carbons (Fsp3) is 0.474. The summed E-state index contributed by atoms with van der Waals surface area (Å²) in [6.45, 7) is 4.05. The molecule has 0 radical (unpaired) electrons. The van der Waals surface area contributed by atoms with Crippen LogP contribution in [0, 0.1) is 6.92 Å². The molecule has 2 aromatic heterocycles. The Morgan fingerprint density at radius 1 is 1.25 bits per heavy atom. The van der Waals surface area contributed by atoms with E-state index in [2.05, 4.69) is 39.2 Å². The van der Waals surface area contributed by atoms with Gasteiger partial charge in [-0.15, -0.1) is 0 Å². The molecule has 24 heavy (non-hydrogen) atoms. The molecule has 1 atom stereocenters. The Morgan fingerprint density at radius 2 is 2.17 bits per heavy atom. The maximum atomic E-state index is 9.26. The molecule has 0 aromatic carbocycles. The maximum Gasteiger partial charge on any atom is 0.128 e. The van der Waals surface area contributed by atoms with Crippen LogP contribution in [0.1, 0.15) is 36.8 Å². The normalized spacial score (nSPS) is 17.8. The van der Waals surface area contributed by atoms with Crippen molar-refractivity contribution >= 4 is 11.6 Å². The van der Waals surface area contributed by atoms with E-state index >= 15 is 0 Å². The molecule has 5 heteroatoms. The molecular weight excluding hydrogens is 300 g/mol. The first kappa shape index (κ1) is 16.7. The number of hydrogen-bond donors (Lipinski definition) is 2. The molecule has 0 bridgehead atoms. The van der Waals surface area contributed by atoms with E-state index in [1.807, 2.05) is 24.5 Å². The van der Waals surface area contributed by atoms with Gasteiger partial charge in [0, 0.05) is 38.1 Å². The fourth-order valence-electron chi connectivity index (χ4n) is 3.27. The summed E-state index contributed by atoms with van der Waals surface area (Å²) in [7, 11) is 0. The number of aliphatic hydroxyl groups excluding tert-OH is 1. The van der Waals surface area contributed by atoms with Gasteiger partial charge >= 0.3 is 0 Å². The van der Waals surface area contributed by atoms with E-state index in [4.69, 9.17) is 0 Å². The highest BCUT2D eigenvalue weighted by Crippen LogP contribution is 2.25. The molecule has 2 aromatic rings. The third kappa shape index (κ3) is 4.23. The van der Waals surface area contributed by atoms with Crippen LogP contribution in [0.4, 0.5) is 11.6 Å². The number of piperidine rings is 1. The molecule has 0 unspecified atom stereocenters. The number of rotatable bonds is 6. The van der Waals surface area contributed by atoms with Gasteiger partial charge in [0.15, 0.2) is 0 Å². The number of pyridine rings is 2. The Bertz CT molecular complexity index is 642. The molecule has 0 aliphatic carbocycles. The molecule has 3 rings (SSSR count). The molecule has 1 fully saturated rings. The van der Waals surface area contributed by atoms with Gasteiger partial charge in [-0.25, -0.2) is 9.97 Å². The van der Waals surface area contributed by atoms with Crippen LogP contribution in [0.2, 0.25) is 0 Å². The Morgan fingerprint density at radius 3 is 2.92 bits per heavy atom. The topological polar surface area (TPSA) is 61.3 Å². The van der Waals surface area contributed by atoms with E-state index in [0.29, 0.717) is 12.6 Å². The molecular formula is C19H26N4O. The van der Waals surface area contributed by atoms with Crippen molar-refractivity contribution in [1.82, 2.24) is 9.97 Å². The minimum Gasteiger partial charge on any atom is -0.396 e. The van der Waals surface area contributed by atoms with Gasteiger partial charge in [-0.05, 0) is 61.9 Å². The van der Waals surface area contributed by atoms with Crippen LogP contribution in [-0.2, 0) is 6.54 Å². The summed E-state index contributed by atoms with van der Waals surface area (Å²) in [6.07, 6.45) is 8.16. The minimum absolute atomic E-state index is 0.243. The van der Waals surface area contributed by atoms with E-state index in [1.54, 1.807) is 0 Å². The van der Waals surface area contributed by atoms with Gasteiger partial charge in [-0.1, -0.05) is 6.07 Å². The van der Waals surface area contributed by atoms with Crippen LogP contribution in [-0.4, -0.2) is 34.3 Å². The van der Waals surface area contributed by atoms with Gasteiger partial charge in [-0.2, -0.15) is 0 Å². The van der Waals surface area contributed by atoms with Crippen molar-refractivity contribution in [3.63, 3.8) is 0 Å². The second-order valence-electron chi connectivity index (χ2n) is 6.45. The molecule has 1 aliphatic heterocycles. The fourth-order valence-corrected chi connectivity index (χ4v) is 3.27. The zero-order valence-electron chi connectivity index (χ0n) is 14.3. The van der Waals surface area contributed by atoms with Gasteiger partial charge in [0.05, 0.1) is 0 Å². The van der Waals surface area contributed by atoms with E-state index in [-0.39, 0.29) is 6.61 Å². The summed E-state index contributed by atoms with van der Waals surface area (Å²) in [5, 5.41) is 12.6. The summed E-state index contributed by atoms with van der Waals surface area (Å²) in [4.78, 5) is 11.3. The average molecular weight is 326 g/mol. The predicted molar refractivity (Wildman–Crippen MR) is 97.2 cm³/mol. The standard InChI is InChI=1S/C19H26N4O/c1-15-7-9-20-18(12-15)21-13-16-5-6-19(22-14-16)23-10-3-2-4-17(23)8-11-24/h5-7,9,12,14,17,24H,2-4,8,10-11,13H2,1H3,(H,20,21)/t17-/m1/s1. The van der Waals surface area contributed by atoms with Gasteiger partial charge in [0.1, 0.15) is 11.6 Å². The number of nitrogens with zero attached hydrogens (tertiary/aromatic N) is 3. The Hall–Kier alpha value is -2.14. The first-order chi connectivity index (χ1) is 11.8. The first-order valence-electron chi connectivity index (χ1n) is 8.75. The Balaban J connectivity index is 1.62. The number of hydrogen-bond acceptors (Lipinski definition) is 5. The maximum absolute atomic E-state index is 9.26. The molecule has 128 valence electrons. The number of aromatic nitrogens is 2. The quantitative estimate of drug-likeness (QED) is 0.854. The lowest BCUT2D eigenvalue weighted by Gasteiger charge is -2.36. The summed E-state index contributed by atoms with van der Waals surface area (Å²) < 4.78 is 0. The van der Waals surface area contributed by atoms with Gasteiger partial charge in [0.25, 0.3) is 0 Å². The molecule has 5 nitrogen and oxygen atoms in total. The van der Waals surface area contributed by atoms with Crippen LogP contribution >= 0.6 is 0 Å². The SMILES string of the molecule is Cc1ccnc(NCc2ccc(N3CCCC[C@@H]3CCO)nc2)c1. The lowest BCUT2D eigenvalue weighted by Crippen LogP contribution is -2.40. The smallest absolute Gasteiger partial charge is 0.128 e. The summed E-state index contributed by atoms with van der Waals surface area (Å²) in [5.41, 5.74) is 2.33. The molecule has 0 amide bonds. The summed E-state index contributed by atoms with van der Waals surface area (Å²) >= 11 is 0. The molecule has 3 heterocycles. The van der Waals surface area contributed by atoms with Gasteiger partial charge in [-0.3, -0.25) is 0 Å². The zero-order chi connectivity index (χ0) is 16.8. The van der Waals surface area contributed by atoms with Crippen LogP contribution in [0.3, 0.4) is 0 Å². The number of nitrogens with one attached hydrogen (secondary N) is 1. The molecule has 1 saturated heterocycles. The van der Waals surface area contributed by atoms with Crippen molar-refractivity contribution < 1.29 is 5.11 Å². The van der Waals surface area contributed by atoms with Gasteiger partial charge in [0.2, 0.25) is 0 Å². The van der Waals surface area contributed by atoms with Crippen LogP contribution in [0.5, 0.6) is 0 Å². The number of aliphatic hydroxyl groups is 1. The molecule has 1 aliphatic rings. The first-order valence-corrected chi connectivity index (χ1v) is 8.75.